The van der Waals surface area contributed by atoms with Crippen LogP contribution in [0.25, 0.3) is 0 Å². The van der Waals surface area contributed by atoms with Crippen LogP contribution in [-0.4, -0.2) is 129 Å². The summed E-state index contributed by atoms with van der Waals surface area (Å²) in [5.41, 5.74) is -2.29. The fourth-order valence-corrected chi connectivity index (χ4v) is 7.27. The molecular formula is C32H56N4O10. The van der Waals surface area contributed by atoms with Crippen molar-refractivity contribution in [2.45, 2.75) is 128 Å². The zero-order chi connectivity index (χ0) is 34.7. The average molecular weight is 657 g/mol. The van der Waals surface area contributed by atoms with Gasteiger partial charge in [-0.05, 0) is 67.1 Å². The Balaban J connectivity index is 2.04. The molecule has 4 N–H and O–H groups in total. The maximum atomic E-state index is 14.1. The molecule has 0 aromatic heterocycles. The van der Waals surface area contributed by atoms with Crippen molar-refractivity contribution < 1.29 is 48.0 Å². The number of nitrogens with zero attached hydrogens (tertiary/aromatic N) is 1. The zero-order valence-electron chi connectivity index (χ0n) is 29.2. The third-order valence-corrected chi connectivity index (χ3v) is 10.2. The van der Waals surface area contributed by atoms with Crippen LogP contribution in [0.1, 0.15) is 67.7 Å². The lowest BCUT2D eigenvalue weighted by atomic mass is 9.78. The number of esters is 1. The molecular weight excluding hydrogens is 600 g/mol. The number of likely N-dealkylation sites (N-methyl/N-ethyl adjacent to an activating group) is 2. The van der Waals surface area contributed by atoms with Gasteiger partial charge in [-0.15, -0.1) is 0 Å². The molecule has 0 spiro atoms. The highest BCUT2D eigenvalue weighted by molar-refractivity contribution is 6.00. The van der Waals surface area contributed by atoms with E-state index in [0.717, 1.165) is 0 Å². The number of fused-ring (bicyclic) bond motifs is 1. The molecule has 0 saturated carbocycles. The van der Waals surface area contributed by atoms with Crippen LogP contribution in [0.3, 0.4) is 0 Å². The van der Waals surface area contributed by atoms with E-state index in [2.05, 4.69) is 16.0 Å². The molecule has 3 rings (SSSR count). The molecule has 46 heavy (non-hydrogen) atoms. The monoisotopic (exact) mass is 656 g/mol. The Hall–Kier alpha value is -2.36. The van der Waals surface area contributed by atoms with Gasteiger partial charge >= 0.3 is 12.1 Å². The van der Waals surface area contributed by atoms with E-state index < -0.39 is 83.7 Å². The van der Waals surface area contributed by atoms with Gasteiger partial charge in [-0.25, -0.2) is 4.79 Å². The number of aliphatic hydroxyl groups is 1. The summed E-state index contributed by atoms with van der Waals surface area (Å²) in [6.45, 7) is 13.0. The maximum absolute atomic E-state index is 14.1. The van der Waals surface area contributed by atoms with Gasteiger partial charge in [-0.2, -0.15) is 0 Å². The first-order chi connectivity index (χ1) is 21.4. The lowest BCUT2D eigenvalue weighted by Gasteiger charge is -2.46. The Morgan fingerprint density at radius 1 is 1.15 bits per heavy atom. The van der Waals surface area contributed by atoms with E-state index in [0.29, 0.717) is 19.4 Å². The van der Waals surface area contributed by atoms with E-state index in [1.54, 1.807) is 32.8 Å². The molecule has 3 saturated heterocycles. The van der Waals surface area contributed by atoms with E-state index in [1.807, 2.05) is 27.7 Å². The number of amides is 2. The molecule has 0 aromatic rings. The summed E-state index contributed by atoms with van der Waals surface area (Å²) in [6.07, 6.45) is -4.77. The molecule has 264 valence electrons. The fraction of sp³-hybridized carbons (Fsp3) is 0.875. The van der Waals surface area contributed by atoms with Crippen LogP contribution in [0.2, 0.25) is 0 Å². The second-order valence-electron chi connectivity index (χ2n) is 13.9. The summed E-state index contributed by atoms with van der Waals surface area (Å²) in [5, 5.41) is 20.4. The van der Waals surface area contributed by atoms with Crippen LogP contribution in [-0.2, 0) is 38.1 Å². The number of ether oxygens (including phenoxy) is 5. The van der Waals surface area contributed by atoms with E-state index in [-0.39, 0.29) is 24.3 Å². The van der Waals surface area contributed by atoms with Crippen molar-refractivity contribution in [3.05, 3.63) is 0 Å². The summed E-state index contributed by atoms with van der Waals surface area (Å²) in [4.78, 5) is 54.6. The van der Waals surface area contributed by atoms with Crippen LogP contribution in [0.4, 0.5) is 4.79 Å². The molecule has 5 unspecified atom stereocenters. The number of cyclic esters (lactones) is 1. The van der Waals surface area contributed by atoms with Crippen molar-refractivity contribution in [3.8, 4) is 0 Å². The molecule has 14 heteroatoms. The number of aliphatic hydroxyl groups excluding tert-OH is 1. The largest absolute Gasteiger partial charge is 0.458 e. The summed E-state index contributed by atoms with van der Waals surface area (Å²) in [7, 11) is 6.63. The highest BCUT2D eigenvalue weighted by Gasteiger charge is 2.55. The molecule has 3 heterocycles. The van der Waals surface area contributed by atoms with Gasteiger partial charge in [0, 0.05) is 38.6 Å². The first-order valence-electron chi connectivity index (χ1n) is 16.3. The highest BCUT2D eigenvalue weighted by Crippen LogP contribution is 2.37. The maximum Gasteiger partial charge on any atom is 0.408 e. The Bertz CT molecular complexity index is 1110. The Morgan fingerprint density at radius 2 is 1.80 bits per heavy atom. The number of carbonyl (C=O) groups is 4. The predicted molar refractivity (Wildman–Crippen MR) is 168 cm³/mol. The molecule has 0 aliphatic carbocycles. The van der Waals surface area contributed by atoms with Crippen molar-refractivity contribution in [2.75, 3.05) is 34.8 Å². The fourth-order valence-electron chi connectivity index (χ4n) is 7.27. The summed E-state index contributed by atoms with van der Waals surface area (Å²) in [6, 6.07) is -1.27. The number of hydrogen-bond donors (Lipinski definition) is 4. The highest BCUT2D eigenvalue weighted by atomic mass is 16.7. The number of ketones is 1. The number of nitrogens with one attached hydrogen (secondary N) is 3. The van der Waals surface area contributed by atoms with Crippen LogP contribution in [0.5, 0.6) is 0 Å². The predicted octanol–water partition coefficient (Wildman–Crippen LogP) is 0.977. The normalized spacial score (nSPS) is 43.1. The van der Waals surface area contributed by atoms with Gasteiger partial charge < -0.3 is 49.6 Å². The SMILES string of the molecule is CC[C@H]1OC(=O)C(C)C(=O)[C@H](C)[C@@H](OC2OC(C(=O)NC)CC(N(C)C)C2O)[C@](C)(OC)C[C@@H](C)CN[C@H](C)[C@H]2NC(=O)O[C@@]21C. The Morgan fingerprint density at radius 3 is 2.37 bits per heavy atom. The van der Waals surface area contributed by atoms with Gasteiger partial charge in [0.25, 0.3) is 0 Å². The number of Topliss-reactive ketones (excluding diaryl/α,β-unsaturated/α-hetero) is 1. The third-order valence-electron chi connectivity index (χ3n) is 10.2. The second kappa shape index (κ2) is 15.2. The minimum Gasteiger partial charge on any atom is -0.458 e. The first kappa shape index (κ1) is 38.1. The van der Waals surface area contributed by atoms with Gasteiger partial charge in [0.05, 0.1) is 17.7 Å². The van der Waals surface area contributed by atoms with Crippen LogP contribution < -0.4 is 16.0 Å². The van der Waals surface area contributed by atoms with Crippen LogP contribution in [0.15, 0.2) is 0 Å². The van der Waals surface area contributed by atoms with Gasteiger partial charge in [-0.3, -0.25) is 14.4 Å². The third kappa shape index (κ3) is 7.84. The van der Waals surface area contributed by atoms with Gasteiger partial charge in [-0.1, -0.05) is 20.8 Å². The van der Waals surface area contributed by atoms with Crippen molar-refractivity contribution in [3.63, 3.8) is 0 Å². The molecule has 2 amide bonds. The number of hydrogen-bond acceptors (Lipinski definition) is 12. The molecule has 0 bridgehead atoms. The van der Waals surface area contributed by atoms with E-state index in [9.17, 15) is 24.3 Å². The summed E-state index contributed by atoms with van der Waals surface area (Å²) < 4.78 is 30.3. The quantitative estimate of drug-likeness (QED) is 0.236. The number of carbonyl (C=O) groups excluding carboxylic acids is 4. The van der Waals surface area contributed by atoms with Gasteiger partial charge in [0.1, 0.15) is 24.2 Å². The van der Waals surface area contributed by atoms with Crippen LogP contribution in [0, 0.1) is 17.8 Å². The number of methoxy groups -OCH3 is 1. The molecule has 0 radical (unpaired) electrons. The lowest BCUT2D eigenvalue weighted by Crippen LogP contribution is -2.61. The van der Waals surface area contributed by atoms with Gasteiger partial charge in [0.2, 0.25) is 5.91 Å². The topological polar surface area (TPSA) is 174 Å². The Labute approximate surface area is 272 Å². The van der Waals surface area contributed by atoms with E-state index >= 15 is 0 Å². The standard InChI is InChI=1S/C32H56N4O10/c1-12-22-32(7)25(35-30(41)46-32)19(5)34-15-16(2)14-31(6,42-11)26(17(3)23(37)18(4)28(40)44-22)45-29-24(38)20(36(9)10)13-21(43-29)27(39)33-8/h16-22,24-26,29,34,38H,12-15H2,1-11H3,(H,33,39)(H,35,41)/t16-,17+,18?,19-,20?,21?,22-,24?,25-,26-,29?,31-,32-/m1/s1. The Kier molecular flexibility index (Phi) is 12.6. The minimum atomic E-state index is -1.28. The van der Waals surface area contributed by atoms with Crippen molar-refractivity contribution in [1.29, 1.82) is 0 Å². The van der Waals surface area contributed by atoms with Crippen LogP contribution >= 0.6 is 0 Å². The van der Waals surface area contributed by atoms with E-state index in [4.69, 9.17) is 23.7 Å². The first-order valence-corrected chi connectivity index (χ1v) is 16.3. The second-order valence-corrected chi connectivity index (χ2v) is 13.9. The molecule has 13 atom stereocenters. The van der Waals surface area contributed by atoms with Gasteiger partial charge in [0.15, 0.2) is 17.7 Å². The zero-order valence-corrected chi connectivity index (χ0v) is 29.2. The van der Waals surface area contributed by atoms with Crippen molar-refractivity contribution in [1.82, 2.24) is 20.9 Å². The number of rotatable bonds is 6. The molecule has 14 nitrogen and oxygen atoms in total. The summed E-state index contributed by atoms with van der Waals surface area (Å²) >= 11 is 0. The minimum absolute atomic E-state index is 0.0298. The average Bonchev–Trinajstić information content (AvgIpc) is 3.33. The number of alkyl carbamates (subject to hydrolysis) is 1. The molecule has 3 aliphatic heterocycles. The van der Waals surface area contributed by atoms with Crippen molar-refractivity contribution >= 4 is 23.8 Å². The molecule has 0 aromatic carbocycles. The lowest BCUT2D eigenvalue weighted by molar-refractivity contribution is -0.293. The summed E-state index contributed by atoms with van der Waals surface area (Å²) in [5.74, 6) is -3.73. The van der Waals surface area contributed by atoms with E-state index in [1.165, 1.54) is 21.1 Å². The molecule has 3 aliphatic rings. The molecule has 3 fully saturated rings. The smallest absolute Gasteiger partial charge is 0.408 e. The van der Waals surface area contributed by atoms with Crippen molar-refractivity contribution in [2.24, 2.45) is 17.8 Å².